The molecule has 2 aromatic heterocycles. The molecule has 6 heteroatoms. The normalized spacial score (nSPS) is 10.8. The minimum Gasteiger partial charge on any atom is -0.455 e. The lowest BCUT2D eigenvalue weighted by atomic mass is 10.1. The van der Waals surface area contributed by atoms with E-state index in [9.17, 15) is 4.79 Å². The van der Waals surface area contributed by atoms with Gasteiger partial charge in [-0.2, -0.15) is 5.10 Å². The van der Waals surface area contributed by atoms with Gasteiger partial charge in [-0.15, -0.1) is 0 Å². The summed E-state index contributed by atoms with van der Waals surface area (Å²) in [6, 6.07) is 17.0. The summed E-state index contributed by atoms with van der Waals surface area (Å²) in [7, 11) is 0. The van der Waals surface area contributed by atoms with E-state index in [1.165, 1.54) is 11.8 Å². The van der Waals surface area contributed by atoms with Crippen LogP contribution >= 0.6 is 0 Å². The van der Waals surface area contributed by atoms with Gasteiger partial charge in [0.05, 0.1) is 12.1 Å². The van der Waals surface area contributed by atoms with Crippen LogP contribution in [-0.4, -0.2) is 20.7 Å². The molecule has 0 atom stereocenters. The number of aryl methyl sites for hydroxylation is 1. The first-order valence-corrected chi connectivity index (χ1v) is 8.92. The van der Waals surface area contributed by atoms with Gasteiger partial charge in [-0.25, -0.2) is 9.78 Å². The predicted molar refractivity (Wildman–Crippen MR) is 104 cm³/mol. The molecular formula is C22H19N3O3. The zero-order valence-corrected chi connectivity index (χ0v) is 15.4. The number of ether oxygens (including phenoxy) is 1. The van der Waals surface area contributed by atoms with Crippen molar-refractivity contribution < 1.29 is 13.9 Å². The van der Waals surface area contributed by atoms with Crippen LogP contribution in [0.15, 0.2) is 77.7 Å². The van der Waals surface area contributed by atoms with E-state index in [4.69, 9.17) is 9.15 Å². The molecule has 0 saturated carbocycles. The number of rotatable bonds is 6. The smallest absolute Gasteiger partial charge is 0.338 e. The van der Waals surface area contributed by atoms with Crippen LogP contribution in [0.1, 0.15) is 27.2 Å². The van der Waals surface area contributed by atoms with Gasteiger partial charge in [0.25, 0.3) is 0 Å². The Balaban J connectivity index is 1.34. The van der Waals surface area contributed by atoms with E-state index in [0.717, 1.165) is 11.1 Å². The van der Waals surface area contributed by atoms with Crippen molar-refractivity contribution in [3.63, 3.8) is 0 Å². The lowest BCUT2D eigenvalue weighted by Gasteiger charge is -2.05. The molecule has 0 spiro atoms. The number of benzene rings is 2. The Morgan fingerprint density at radius 2 is 1.89 bits per heavy atom. The van der Waals surface area contributed by atoms with Gasteiger partial charge < -0.3 is 9.15 Å². The second-order valence-electron chi connectivity index (χ2n) is 6.49. The van der Waals surface area contributed by atoms with Crippen LogP contribution in [0, 0.1) is 6.92 Å². The minimum absolute atomic E-state index is 0.0588. The average molecular weight is 373 g/mol. The number of aromatic nitrogens is 3. The molecule has 0 aliphatic heterocycles. The fraction of sp³-hybridized carbons (Fsp3) is 0.136. The van der Waals surface area contributed by atoms with Crippen molar-refractivity contribution in [1.82, 2.24) is 14.8 Å². The maximum Gasteiger partial charge on any atom is 0.338 e. The van der Waals surface area contributed by atoms with Gasteiger partial charge in [0.1, 0.15) is 18.6 Å². The summed E-state index contributed by atoms with van der Waals surface area (Å²) in [5, 5.41) is 4.17. The summed E-state index contributed by atoms with van der Waals surface area (Å²) in [6.45, 7) is 2.74. The summed E-state index contributed by atoms with van der Waals surface area (Å²) < 4.78 is 12.7. The SMILES string of the molecule is Cc1ccc(-c2nc(COC(=O)c3ccc(Cn4cccn4)cc3)co2)cc1. The maximum atomic E-state index is 12.3. The molecule has 0 unspecified atom stereocenters. The Morgan fingerprint density at radius 3 is 2.61 bits per heavy atom. The second-order valence-corrected chi connectivity index (χ2v) is 6.49. The summed E-state index contributed by atoms with van der Waals surface area (Å²) >= 11 is 0. The molecule has 28 heavy (non-hydrogen) atoms. The van der Waals surface area contributed by atoms with Crippen molar-refractivity contribution in [2.45, 2.75) is 20.1 Å². The highest BCUT2D eigenvalue weighted by molar-refractivity contribution is 5.89. The topological polar surface area (TPSA) is 70.2 Å². The largest absolute Gasteiger partial charge is 0.455 e. The Morgan fingerprint density at radius 1 is 1.11 bits per heavy atom. The molecule has 2 heterocycles. The Hall–Kier alpha value is -3.67. The minimum atomic E-state index is -0.398. The molecule has 4 rings (SSSR count). The summed E-state index contributed by atoms with van der Waals surface area (Å²) in [5.74, 6) is 0.111. The second kappa shape index (κ2) is 7.92. The van der Waals surface area contributed by atoms with Gasteiger partial charge in [0.15, 0.2) is 0 Å². The Kier molecular flexibility index (Phi) is 5.01. The van der Waals surface area contributed by atoms with E-state index in [1.54, 1.807) is 18.3 Å². The Bertz CT molecular complexity index is 1050. The van der Waals surface area contributed by atoms with Crippen molar-refractivity contribution in [3.8, 4) is 11.5 Å². The third-order valence-corrected chi connectivity index (χ3v) is 4.29. The van der Waals surface area contributed by atoms with Crippen LogP contribution in [-0.2, 0) is 17.9 Å². The van der Waals surface area contributed by atoms with Crippen LogP contribution in [0.3, 0.4) is 0 Å². The van der Waals surface area contributed by atoms with Crippen LogP contribution in [0.5, 0.6) is 0 Å². The molecule has 2 aromatic carbocycles. The van der Waals surface area contributed by atoms with Gasteiger partial charge in [-0.05, 0) is 42.8 Å². The molecule has 0 fully saturated rings. The van der Waals surface area contributed by atoms with Crippen molar-refractivity contribution in [2.24, 2.45) is 0 Å². The van der Waals surface area contributed by atoms with E-state index in [-0.39, 0.29) is 6.61 Å². The molecule has 0 saturated heterocycles. The van der Waals surface area contributed by atoms with E-state index in [1.807, 2.05) is 60.3 Å². The zero-order chi connectivity index (χ0) is 19.3. The fourth-order valence-electron chi connectivity index (χ4n) is 2.75. The summed E-state index contributed by atoms with van der Waals surface area (Å²) in [6.07, 6.45) is 5.14. The van der Waals surface area contributed by atoms with Crippen molar-refractivity contribution in [1.29, 1.82) is 0 Å². The number of esters is 1. The fourth-order valence-corrected chi connectivity index (χ4v) is 2.75. The number of carbonyl (C=O) groups excluding carboxylic acids is 1. The van der Waals surface area contributed by atoms with Crippen molar-refractivity contribution >= 4 is 5.97 Å². The molecule has 0 N–H and O–H groups in total. The third-order valence-electron chi connectivity index (χ3n) is 4.29. The lowest BCUT2D eigenvalue weighted by Crippen LogP contribution is -2.06. The highest BCUT2D eigenvalue weighted by atomic mass is 16.5. The standard InChI is InChI=1S/C22H19N3O3/c1-16-3-7-18(8-4-16)21-24-20(14-27-21)15-28-22(26)19-9-5-17(6-10-19)13-25-12-2-11-23-25/h2-12,14H,13,15H2,1H3. The average Bonchev–Trinajstić information content (AvgIpc) is 3.39. The van der Waals surface area contributed by atoms with E-state index >= 15 is 0 Å². The van der Waals surface area contributed by atoms with Gasteiger partial charge in [0.2, 0.25) is 5.89 Å². The molecule has 0 aliphatic rings. The number of nitrogens with zero attached hydrogens (tertiary/aromatic N) is 3. The molecule has 0 radical (unpaired) electrons. The molecule has 6 nitrogen and oxygen atoms in total. The van der Waals surface area contributed by atoms with Gasteiger partial charge >= 0.3 is 5.97 Å². The third kappa shape index (κ3) is 4.17. The quantitative estimate of drug-likeness (QED) is 0.473. The van der Waals surface area contributed by atoms with Gasteiger partial charge in [-0.1, -0.05) is 29.8 Å². The summed E-state index contributed by atoms with van der Waals surface area (Å²) in [4.78, 5) is 16.6. The first-order valence-electron chi connectivity index (χ1n) is 8.92. The number of hydrogen-bond donors (Lipinski definition) is 0. The number of carbonyl (C=O) groups is 1. The first-order chi connectivity index (χ1) is 13.7. The van der Waals surface area contributed by atoms with Gasteiger partial charge in [0, 0.05) is 18.0 Å². The summed E-state index contributed by atoms with van der Waals surface area (Å²) in [5.41, 5.74) is 4.17. The molecule has 140 valence electrons. The van der Waals surface area contributed by atoms with Crippen molar-refractivity contribution in [2.75, 3.05) is 0 Å². The Labute approximate surface area is 162 Å². The number of hydrogen-bond acceptors (Lipinski definition) is 5. The van der Waals surface area contributed by atoms with Crippen LogP contribution in [0.25, 0.3) is 11.5 Å². The van der Waals surface area contributed by atoms with Crippen molar-refractivity contribution in [3.05, 3.63) is 95.6 Å². The first kappa shape index (κ1) is 17.7. The molecule has 0 amide bonds. The molecule has 0 aliphatic carbocycles. The predicted octanol–water partition coefficient (Wildman–Crippen LogP) is 4.25. The van der Waals surface area contributed by atoms with E-state index < -0.39 is 5.97 Å². The van der Waals surface area contributed by atoms with E-state index in [0.29, 0.717) is 23.7 Å². The monoisotopic (exact) mass is 373 g/mol. The highest BCUT2D eigenvalue weighted by Crippen LogP contribution is 2.19. The van der Waals surface area contributed by atoms with Crippen LogP contribution in [0.4, 0.5) is 0 Å². The zero-order valence-electron chi connectivity index (χ0n) is 15.4. The van der Waals surface area contributed by atoms with E-state index in [2.05, 4.69) is 10.1 Å². The molecule has 0 bridgehead atoms. The van der Waals surface area contributed by atoms with Crippen LogP contribution < -0.4 is 0 Å². The van der Waals surface area contributed by atoms with Gasteiger partial charge in [-0.3, -0.25) is 4.68 Å². The lowest BCUT2D eigenvalue weighted by molar-refractivity contribution is 0.0467. The number of oxazole rings is 1. The molecule has 4 aromatic rings. The maximum absolute atomic E-state index is 12.3. The highest BCUT2D eigenvalue weighted by Gasteiger charge is 2.11. The van der Waals surface area contributed by atoms with Crippen LogP contribution in [0.2, 0.25) is 0 Å². The molecular weight excluding hydrogens is 354 g/mol.